The van der Waals surface area contributed by atoms with Gasteiger partial charge in [-0.15, -0.1) is 0 Å². The fraction of sp³-hybridized carbons (Fsp3) is 0.867. The van der Waals surface area contributed by atoms with E-state index in [2.05, 4.69) is 12.2 Å². The first-order valence-corrected chi connectivity index (χ1v) is 7.40. The van der Waals surface area contributed by atoms with Crippen LogP contribution in [0.15, 0.2) is 12.2 Å². The van der Waals surface area contributed by atoms with Crippen LogP contribution in [0.4, 0.5) is 0 Å². The second kappa shape index (κ2) is 4.52. The van der Waals surface area contributed by atoms with Gasteiger partial charge in [0.25, 0.3) is 0 Å². The molecule has 0 N–H and O–H groups in total. The molecule has 1 nitrogen and oxygen atoms in total. The molecule has 0 spiro atoms. The summed E-state index contributed by atoms with van der Waals surface area (Å²) in [6.07, 6.45) is 16.5. The van der Waals surface area contributed by atoms with Gasteiger partial charge < -0.3 is 4.48 Å². The third kappa shape index (κ3) is 1.95. The van der Waals surface area contributed by atoms with Crippen molar-refractivity contribution in [3.8, 4) is 0 Å². The zero-order chi connectivity index (χ0) is 10.8. The number of quaternary nitrogens is 1. The van der Waals surface area contributed by atoms with Crippen LogP contribution in [-0.2, 0) is 0 Å². The van der Waals surface area contributed by atoms with Crippen LogP contribution in [-0.4, -0.2) is 30.2 Å². The summed E-state index contributed by atoms with van der Waals surface area (Å²) in [6, 6.07) is 1.01. The van der Waals surface area contributed by atoms with Crippen LogP contribution in [0.3, 0.4) is 0 Å². The summed E-state index contributed by atoms with van der Waals surface area (Å²) in [5.41, 5.74) is 0. The third-order valence-electron chi connectivity index (χ3n) is 5.46. The van der Waals surface area contributed by atoms with E-state index in [-0.39, 0.29) is 0 Å². The largest absolute Gasteiger partial charge is 0.321 e. The number of fused-ring (bicyclic) bond motifs is 3. The molecule has 1 unspecified atom stereocenters. The Kier molecular flexibility index (Phi) is 3.06. The molecule has 0 aromatic heterocycles. The van der Waals surface area contributed by atoms with Gasteiger partial charge in [-0.3, -0.25) is 0 Å². The minimum atomic E-state index is 1.01. The minimum absolute atomic E-state index is 1.01. The lowest BCUT2D eigenvalue weighted by molar-refractivity contribution is -0.965. The maximum absolute atomic E-state index is 2.43. The van der Waals surface area contributed by atoms with Crippen molar-refractivity contribution in [2.45, 2.75) is 57.4 Å². The van der Waals surface area contributed by atoms with Crippen molar-refractivity contribution in [2.24, 2.45) is 5.92 Å². The molecule has 0 saturated carbocycles. The highest BCUT2D eigenvalue weighted by atomic mass is 15.4. The highest BCUT2D eigenvalue weighted by Crippen LogP contribution is 2.38. The normalized spacial score (nSPS) is 44.0. The molecule has 3 saturated heterocycles. The fourth-order valence-corrected chi connectivity index (χ4v) is 4.32. The van der Waals surface area contributed by atoms with Gasteiger partial charge in [-0.1, -0.05) is 12.2 Å². The minimum Gasteiger partial charge on any atom is -0.321 e. The zero-order valence-corrected chi connectivity index (χ0v) is 10.5. The molecular weight excluding hydrogens is 194 g/mol. The Morgan fingerprint density at radius 3 is 2.19 bits per heavy atom. The molecule has 0 amide bonds. The Morgan fingerprint density at radius 1 is 0.750 bits per heavy atom. The number of rotatable bonds is 1. The van der Waals surface area contributed by atoms with Crippen LogP contribution in [0.25, 0.3) is 0 Å². The van der Waals surface area contributed by atoms with E-state index in [4.69, 9.17) is 0 Å². The zero-order valence-electron chi connectivity index (χ0n) is 10.5. The van der Waals surface area contributed by atoms with Crippen LogP contribution < -0.4 is 0 Å². The molecule has 1 aliphatic carbocycles. The average Bonchev–Trinajstić information content (AvgIpc) is 2.30. The lowest BCUT2D eigenvalue weighted by atomic mass is 9.82. The van der Waals surface area contributed by atoms with Crippen LogP contribution in [0, 0.1) is 5.92 Å². The second-order valence-corrected chi connectivity index (χ2v) is 6.25. The standard InChI is InChI=1S/C15H26N/c1-2-4-6-15(7-5-3-1)16-11-8-14(9-12-16)10-13-16/h1-2,14-15H,3-13H2/q+1. The van der Waals surface area contributed by atoms with Gasteiger partial charge in [-0.25, -0.2) is 0 Å². The molecular formula is C15H26N+. The van der Waals surface area contributed by atoms with Gasteiger partial charge in [0.15, 0.2) is 0 Å². The molecule has 1 heteroatoms. The summed E-state index contributed by atoms with van der Waals surface area (Å²) in [5, 5.41) is 0. The van der Waals surface area contributed by atoms with Crippen LogP contribution >= 0.6 is 0 Å². The van der Waals surface area contributed by atoms with E-state index in [0.717, 1.165) is 12.0 Å². The molecule has 2 bridgehead atoms. The Balaban J connectivity index is 1.71. The highest BCUT2D eigenvalue weighted by Gasteiger charge is 2.44. The quantitative estimate of drug-likeness (QED) is 0.468. The number of nitrogens with zero attached hydrogens (tertiary/aromatic N) is 1. The predicted molar refractivity (Wildman–Crippen MR) is 68.2 cm³/mol. The Hall–Kier alpha value is -0.300. The van der Waals surface area contributed by atoms with Crippen molar-refractivity contribution in [3.63, 3.8) is 0 Å². The van der Waals surface area contributed by atoms with E-state index in [1.807, 2.05) is 0 Å². The van der Waals surface area contributed by atoms with Crippen molar-refractivity contribution in [3.05, 3.63) is 12.2 Å². The molecule has 0 aromatic carbocycles. The van der Waals surface area contributed by atoms with Gasteiger partial charge in [0.1, 0.15) is 0 Å². The Morgan fingerprint density at radius 2 is 1.44 bits per heavy atom. The van der Waals surface area contributed by atoms with Crippen molar-refractivity contribution < 1.29 is 4.48 Å². The van der Waals surface area contributed by atoms with E-state index >= 15 is 0 Å². The average molecular weight is 220 g/mol. The van der Waals surface area contributed by atoms with E-state index in [1.54, 1.807) is 0 Å². The first-order valence-electron chi connectivity index (χ1n) is 7.40. The van der Waals surface area contributed by atoms with Crippen molar-refractivity contribution in [1.82, 2.24) is 0 Å². The van der Waals surface area contributed by atoms with Crippen LogP contribution in [0.1, 0.15) is 51.4 Å². The van der Waals surface area contributed by atoms with Crippen LogP contribution in [0.2, 0.25) is 0 Å². The highest BCUT2D eigenvalue weighted by molar-refractivity contribution is 4.86. The predicted octanol–water partition coefficient (Wildman–Crippen LogP) is 3.51. The lowest BCUT2D eigenvalue weighted by Gasteiger charge is -2.53. The molecule has 0 radical (unpaired) electrons. The van der Waals surface area contributed by atoms with E-state index in [9.17, 15) is 0 Å². The van der Waals surface area contributed by atoms with E-state index in [0.29, 0.717) is 0 Å². The Labute approximate surface area is 100 Å². The molecule has 4 aliphatic rings. The van der Waals surface area contributed by atoms with E-state index < -0.39 is 0 Å². The molecule has 90 valence electrons. The summed E-state index contributed by atoms with van der Waals surface area (Å²) < 4.78 is 1.52. The van der Waals surface area contributed by atoms with Crippen molar-refractivity contribution in [2.75, 3.05) is 19.6 Å². The summed E-state index contributed by atoms with van der Waals surface area (Å²) >= 11 is 0. The molecule has 3 heterocycles. The van der Waals surface area contributed by atoms with Gasteiger partial charge in [0, 0.05) is 6.42 Å². The molecule has 4 rings (SSSR count). The molecule has 0 aromatic rings. The maximum Gasteiger partial charge on any atom is 0.0893 e. The summed E-state index contributed by atoms with van der Waals surface area (Å²) in [7, 11) is 0. The van der Waals surface area contributed by atoms with E-state index in [1.165, 1.54) is 75.5 Å². The molecule has 3 aliphatic heterocycles. The topological polar surface area (TPSA) is 0 Å². The van der Waals surface area contributed by atoms with Gasteiger partial charge >= 0.3 is 0 Å². The van der Waals surface area contributed by atoms with Gasteiger partial charge in [0.05, 0.1) is 25.7 Å². The summed E-state index contributed by atoms with van der Waals surface area (Å²) in [6.45, 7) is 4.54. The summed E-state index contributed by atoms with van der Waals surface area (Å²) in [5.74, 6) is 1.11. The maximum atomic E-state index is 2.43. The van der Waals surface area contributed by atoms with Gasteiger partial charge in [0.2, 0.25) is 0 Å². The smallest absolute Gasteiger partial charge is 0.0893 e. The van der Waals surface area contributed by atoms with Crippen molar-refractivity contribution >= 4 is 0 Å². The SMILES string of the molecule is C1=CCCC([N+]23CCC(CC2)CC3)CCC1. The Bertz CT molecular complexity index is 247. The number of allylic oxidation sites excluding steroid dienone is 2. The fourth-order valence-electron chi connectivity index (χ4n) is 4.32. The number of piperidine rings is 3. The molecule has 16 heavy (non-hydrogen) atoms. The van der Waals surface area contributed by atoms with Gasteiger partial charge in [-0.2, -0.15) is 0 Å². The second-order valence-electron chi connectivity index (χ2n) is 6.25. The third-order valence-corrected chi connectivity index (χ3v) is 5.46. The van der Waals surface area contributed by atoms with Crippen LogP contribution in [0.5, 0.6) is 0 Å². The van der Waals surface area contributed by atoms with Crippen molar-refractivity contribution in [1.29, 1.82) is 0 Å². The molecule has 1 atom stereocenters. The first-order chi connectivity index (χ1) is 7.89. The number of hydrogen-bond acceptors (Lipinski definition) is 0. The first kappa shape index (κ1) is 10.8. The monoisotopic (exact) mass is 220 g/mol. The molecule has 3 fully saturated rings. The van der Waals surface area contributed by atoms with Gasteiger partial charge in [-0.05, 0) is 50.9 Å². The summed E-state index contributed by atoms with van der Waals surface area (Å²) in [4.78, 5) is 0. The number of hydrogen-bond donors (Lipinski definition) is 0. The lowest BCUT2D eigenvalue weighted by Crippen LogP contribution is -2.63.